The summed E-state index contributed by atoms with van der Waals surface area (Å²) >= 11 is 0. The summed E-state index contributed by atoms with van der Waals surface area (Å²) in [4.78, 5) is 3.41. The van der Waals surface area contributed by atoms with Gasteiger partial charge in [0, 0.05) is 12.8 Å². The van der Waals surface area contributed by atoms with E-state index in [9.17, 15) is 17.6 Å². The maximum Gasteiger partial charge on any atom is 0.417 e. The smallest absolute Gasteiger partial charge is 0.293 e. The number of alkyl halides is 4. The highest BCUT2D eigenvalue weighted by atomic mass is 19.4. The lowest BCUT2D eigenvalue weighted by molar-refractivity contribution is -0.0861. The van der Waals surface area contributed by atoms with Crippen molar-refractivity contribution in [2.75, 3.05) is 6.54 Å². The molecule has 1 atom stereocenters. The highest BCUT2D eigenvalue weighted by Gasteiger charge is 2.32. The van der Waals surface area contributed by atoms with Gasteiger partial charge in [-0.05, 0) is 19.9 Å². The first-order valence-corrected chi connectivity index (χ1v) is 3.80. The Balaban J connectivity index is 4.67. The fourth-order valence-corrected chi connectivity index (χ4v) is 0.648. The minimum absolute atomic E-state index is 0.244. The Morgan fingerprint density at radius 3 is 2.31 bits per heavy atom. The summed E-state index contributed by atoms with van der Waals surface area (Å²) < 4.78 is 48.5. The molecule has 0 aromatic heterocycles. The highest BCUT2D eigenvalue weighted by Crippen LogP contribution is 2.24. The minimum atomic E-state index is -4.53. The molecule has 0 N–H and O–H groups in total. The van der Waals surface area contributed by atoms with Crippen LogP contribution in [0, 0.1) is 0 Å². The summed E-state index contributed by atoms with van der Waals surface area (Å²) in [5, 5.41) is 0. The molecule has 0 amide bonds. The average molecular weight is 197 g/mol. The maximum absolute atomic E-state index is 12.3. The zero-order chi connectivity index (χ0) is 10.5. The molecule has 0 aliphatic carbocycles. The van der Waals surface area contributed by atoms with Crippen LogP contribution in [0.2, 0.25) is 0 Å². The molecule has 0 aromatic carbocycles. The third-order valence-electron chi connectivity index (χ3n) is 1.15. The van der Waals surface area contributed by atoms with E-state index in [1.165, 1.54) is 0 Å². The molecular formula is C8H11F4N. The largest absolute Gasteiger partial charge is 0.417 e. The quantitative estimate of drug-likeness (QED) is 0.487. The van der Waals surface area contributed by atoms with Crippen molar-refractivity contribution in [2.24, 2.45) is 4.99 Å². The Hall–Kier alpha value is -0.870. The van der Waals surface area contributed by atoms with E-state index in [-0.39, 0.29) is 6.54 Å². The Morgan fingerprint density at radius 1 is 1.46 bits per heavy atom. The first kappa shape index (κ1) is 12.1. The zero-order valence-electron chi connectivity index (χ0n) is 7.40. The third-order valence-corrected chi connectivity index (χ3v) is 1.15. The van der Waals surface area contributed by atoms with E-state index >= 15 is 0 Å². The van der Waals surface area contributed by atoms with E-state index in [2.05, 4.69) is 4.99 Å². The number of hydrogen-bond acceptors (Lipinski definition) is 1. The van der Waals surface area contributed by atoms with Crippen LogP contribution in [0.15, 0.2) is 16.6 Å². The van der Waals surface area contributed by atoms with E-state index in [0.29, 0.717) is 12.3 Å². The van der Waals surface area contributed by atoms with E-state index in [4.69, 9.17) is 0 Å². The highest BCUT2D eigenvalue weighted by molar-refractivity contribution is 5.80. The molecule has 0 saturated heterocycles. The molecule has 13 heavy (non-hydrogen) atoms. The van der Waals surface area contributed by atoms with Gasteiger partial charge in [0.15, 0.2) is 0 Å². The van der Waals surface area contributed by atoms with Crippen molar-refractivity contribution in [1.29, 1.82) is 0 Å². The number of halogens is 4. The van der Waals surface area contributed by atoms with Crippen LogP contribution in [0.25, 0.3) is 0 Å². The van der Waals surface area contributed by atoms with Crippen LogP contribution in [0.4, 0.5) is 17.6 Å². The van der Waals surface area contributed by atoms with Gasteiger partial charge in [-0.3, -0.25) is 4.99 Å². The normalized spacial score (nSPS) is 16.6. The Kier molecular flexibility index (Phi) is 4.66. The van der Waals surface area contributed by atoms with Gasteiger partial charge >= 0.3 is 6.18 Å². The van der Waals surface area contributed by atoms with Crippen molar-refractivity contribution < 1.29 is 17.6 Å². The van der Waals surface area contributed by atoms with Crippen LogP contribution in [0.3, 0.4) is 0 Å². The maximum atomic E-state index is 12.3. The van der Waals surface area contributed by atoms with E-state index < -0.39 is 17.9 Å². The van der Waals surface area contributed by atoms with Crippen LogP contribution >= 0.6 is 0 Å². The molecule has 1 unspecified atom stereocenters. The molecule has 0 rings (SSSR count). The van der Waals surface area contributed by atoms with Crippen LogP contribution in [-0.4, -0.2) is 25.1 Å². The van der Waals surface area contributed by atoms with Gasteiger partial charge in [-0.25, -0.2) is 4.39 Å². The summed E-state index contributed by atoms with van der Waals surface area (Å²) in [6.07, 6.45) is -5.01. The van der Waals surface area contributed by atoms with Crippen LogP contribution in [0.5, 0.6) is 0 Å². The molecule has 0 saturated carbocycles. The number of allylic oxidation sites excluding steroid dienone is 2. The summed E-state index contributed by atoms with van der Waals surface area (Å²) in [5.74, 6) is 0. The van der Waals surface area contributed by atoms with Crippen LogP contribution in [-0.2, 0) is 0 Å². The second-order valence-corrected chi connectivity index (χ2v) is 2.43. The summed E-state index contributed by atoms with van der Waals surface area (Å²) in [6, 6.07) is 0. The van der Waals surface area contributed by atoms with Gasteiger partial charge in [0.05, 0.1) is 5.57 Å². The second-order valence-electron chi connectivity index (χ2n) is 2.43. The van der Waals surface area contributed by atoms with Gasteiger partial charge in [-0.2, -0.15) is 13.2 Å². The molecule has 0 spiro atoms. The topological polar surface area (TPSA) is 12.4 Å². The monoisotopic (exact) mass is 197 g/mol. The lowest BCUT2D eigenvalue weighted by atomic mass is 10.2. The van der Waals surface area contributed by atoms with Crippen molar-refractivity contribution in [3.05, 3.63) is 11.6 Å². The predicted molar refractivity (Wildman–Crippen MR) is 43.7 cm³/mol. The van der Waals surface area contributed by atoms with Crippen molar-refractivity contribution in [1.82, 2.24) is 0 Å². The molecule has 0 aliphatic rings. The summed E-state index contributed by atoms with van der Waals surface area (Å²) in [7, 11) is 0. The molecule has 5 heteroatoms. The third kappa shape index (κ3) is 5.38. The van der Waals surface area contributed by atoms with E-state index in [1.54, 1.807) is 6.92 Å². The van der Waals surface area contributed by atoms with Gasteiger partial charge in [0.2, 0.25) is 0 Å². The van der Waals surface area contributed by atoms with Gasteiger partial charge in [0.25, 0.3) is 0 Å². The molecule has 76 valence electrons. The molecule has 0 aromatic rings. The van der Waals surface area contributed by atoms with Crippen LogP contribution in [0.1, 0.15) is 13.8 Å². The molecule has 0 radical (unpaired) electrons. The van der Waals surface area contributed by atoms with Crippen molar-refractivity contribution in [2.45, 2.75) is 26.2 Å². The fraction of sp³-hybridized carbons (Fsp3) is 0.625. The Bertz CT molecular complexity index is 203. The van der Waals surface area contributed by atoms with Crippen molar-refractivity contribution in [3.63, 3.8) is 0 Å². The predicted octanol–water partition coefficient (Wildman–Crippen LogP) is 2.92. The molecule has 0 heterocycles. The molecule has 0 aliphatic heterocycles. The lowest BCUT2D eigenvalue weighted by Crippen LogP contribution is -2.14. The van der Waals surface area contributed by atoms with Crippen molar-refractivity contribution >= 4 is 6.21 Å². The SMILES string of the molecule is CC/N=C\C(=C/C(C)F)C(F)(F)F. The minimum Gasteiger partial charge on any atom is -0.293 e. The number of rotatable bonds is 3. The lowest BCUT2D eigenvalue weighted by Gasteiger charge is -2.07. The van der Waals surface area contributed by atoms with Gasteiger partial charge in [-0.1, -0.05) is 0 Å². The first-order chi connectivity index (χ1) is 5.88. The zero-order valence-corrected chi connectivity index (χ0v) is 7.40. The molecule has 1 nitrogen and oxygen atoms in total. The van der Waals surface area contributed by atoms with E-state index in [0.717, 1.165) is 6.92 Å². The summed E-state index contributed by atoms with van der Waals surface area (Å²) in [6.45, 7) is 2.88. The number of aliphatic imine (C=N–C) groups is 1. The molecule has 0 bridgehead atoms. The summed E-state index contributed by atoms with van der Waals surface area (Å²) in [5.41, 5.74) is -1.04. The van der Waals surface area contributed by atoms with Gasteiger partial charge in [0.1, 0.15) is 6.17 Å². The molecular weight excluding hydrogens is 186 g/mol. The molecule has 0 fully saturated rings. The van der Waals surface area contributed by atoms with Gasteiger partial charge in [-0.15, -0.1) is 0 Å². The number of nitrogens with zero attached hydrogens (tertiary/aromatic N) is 1. The van der Waals surface area contributed by atoms with Crippen LogP contribution < -0.4 is 0 Å². The van der Waals surface area contributed by atoms with Crippen molar-refractivity contribution in [3.8, 4) is 0 Å². The second kappa shape index (κ2) is 4.99. The van der Waals surface area contributed by atoms with Gasteiger partial charge < -0.3 is 0 Å². The Labute approximate surface area is 74.2 Å². The average Bonchev–Trinajstić information content (AvgIpc) is 1.95. The number of hydrogen-bond donors (Lipinski definition) is 0. The fourth-order valence-electron chi connectivity index (χ4n) is 0.648. The standard InChI is InChI=1S/C8H11F4N/c1-3-13-5-7(4-6(2)9)8(10,11)12/h4-6H,3H2,1-2H3/b7-4+,13-5-. The van der Waals surface area contributed by atoms with E-state index in [1.807, 2.05) is 0 Å². The Morgan fingerprint density at radius 2 is 2.00 bits per heavy atom. The first-order valence-electron chi connectivity index (χ1n) is 3.80.